The van der Waals surface area contributed by atoms with Gasteiger partial charge in [0.15, 0.2) is 0 Å². The second kappa shape index (κ2) is 5.50. The Morgan fingerprint density at radius 2 is 2.06 bits per heavy atom. The van der Waals surface area contributed by atoms with Crippen LogP contribution in [0.1, 0.15) is 5.56 Å². The predicted molar refractivity (Wildman–Crippen MR) is 58.9 cm³/mol. The molecule has 0 saturated carbocycles. The van der Waals surface area contributed by atoms with Gasteiger partial charge < -0.3 is 5.73 Å². The molecule has 96 valence electrons. The first kappa shape index (κ1) is 14.0. The summed E-state index contributed by atoms with van der Waals surface area (Å²) in [7, 11) is -1.54. The molecule has 0 aliphatic rings. The average molecular weight is 267 g/mol. The van der Waals surface area contributed by atoms with Gasteiger partial charge in [0.25, 0.3) is 0 Å². The Balaban J connectivity index is 2.62. The van der Waals surface area contributed by atoms with Crippen LogP contribution in [0.5, 0.6) is 0 Å². The summed E-state index contributed by atoms with van der Waals surface area (Å²) in [6.07, 6.45) is -4.69. The zero-order chi connectivity index (χ0) is 13.1. The number of anilines is 1. The number of benzene rings is 1. The summed E-state index contributed by atoms with van der Waals surface area (Å²) in [6.45, 7) is 1.04. The van der Waals surface area contributed by atoms with Crippen LogP contribution >= 0.6 is 0 Å². The molecule has 0 spiro atoms. The van der Waals surface area contributed by atoms with Gasteiger partial charge in [0.05, 0.1) is 23.2 Å². The lowest BCUT2D eigenvalue weighted by molar-refractivity contribution is -0.322. The summed E-state index contributed by atoms with van der Waals surface area (Å²) in [6, 6.07) is 4.83. The lowest BCUT2D eigenvalue weighted by Crippen LogP contribution is -2.18. The molecule has 0 heterocycles. The van der Waals surface area contributed by atoms with Crippen molar-refractivity contribution in [1.82, 2.24) is 0 Å². The first-order valence-electron chi connectivity index (χ1n) is 4.75. The van der Waals surface area contributed by atoms with E-state index in [1.54, 1.807) is 25.1 Å². The maximum Gasteiger partial charge on any atom is 0.522 e. The van der Waals surface area contributed by atoms with Crippen molar-refractivity contribution >= 4 is 16.5 Å². The molecule has 17 heavy (non-hydrogen) atoms. The largest absolute Gasteiger partial charge is 0.522 e. The molecule has 1 rings (SSSR count). The molecule has 1 atom stereocenters. The Morgan fingerprint density at radius 3 is 2.65 bits per heavy atom. The van der Waals surface area contributed by atoms with E-state index in [1.807, 2.05) is 0 Å². The zero-order valence-corrected chi connectivity index (χ0v) is 9.90. The topological polar surface area (TPSA) is 52.3 Å². The second-order valence-corrected chi connectivity index (χ2v) is 4.85. The molecule has 0 amide bonds. The van der Waals surface area contributed by atoms with Crippen LogP contribution in [-0.4, -0.2) is 22.9 Å². The molecule has 0 aromatic heterocycles. The van der Waals surface area contributed by atoms with E-state index in [0.717, 1.165) is 0 Å². The van der Waals surface area contributed by atoms with E-state index in [9.17, 15) is 17.4 Å². The maximum atomic E-state index is 11.7. The number of hydrogen-bond acceptors (Lipinski definition) is 3. The van der Waals surface area contributed by atoms with Crippen molar-refractivity contribution < 1.29 is 22.1 Å². The smallest absolute Gasteiger partial charge is 0.398 e. The molecule has 0 fully saturated rings. The van der Waals surface area contributed by atoms with Crippen LogP contribution in [0.25, 0.3) is 0 Å². The van der Waals surface area contributed by atoms with Crippen molar-refractivity contribution in [3.05, 3.63) is 23.8 Å². The monoisotopic (exact) mass is 267 g/mol. The van der Waals surface area contributed by atoms with E-state index in [4.69, 9.17) is 5.73 Å². The van der Waals surface area contributed by atoms with Crippen LogP contribution in [-0.2, 0) is 15.5 Å². The van der Waals surface area contributed by atoms with Gasteiger partial charge in [-0.3, -0.25) is 8.95 Å². The third-order valence-electron chi connectivity index (χ3n) is 2.11. The van der Waals surface area contributed by atoms with Gasteiger partial charge in [0.2, 0.25) is 0 Å². The molecular formula is C10H12F3NO2S. The Bertz CT molecular complexity index is 421. The standard InChI is InChI=1S/C10H12F3NO2S/c1-7-8(14)3-2-4-9(7)17(15)6-5-16-10(11,12)13/h2-4H,5-6,14H2,1H3. The molecule has 0 bridgehead atoms. The van der Waals surface area contributed by atoms with E-state index in [0.29, 0.717) is 16.1 Å². The number of nitrogens with two attached hydrogens (primary N) is 1. The lowest BCUT2D eigenvalue weighted by Gasteiger charge is -2.09. The Labute approximate surface area is 99.2 Å². The first-order chi connectivity index (χ1) is 7.81. The van der Waals surface area contributed by atoms with Crippen molar-refractivity contribution in [2.45, 2.75) is 18.2 Å². The molecule has 0 saturated heterocycles. The highest BCUT2D eigenvalue weighted by Crippen LogP contribution is 2.20. The summed E-state index contributed by atoms with van der Waals surface area (Å²) in [5, 5.41) is 0. The van der Waals surface area contributed by atoms with Gasteiger partial charge >= 0.3 is 6.36 Å². The van der Waals surface area contributed by atoms with Gasteiger partial charge in [-0.05, 0) is 24.6 Å². The van der Waals surface area contributed by atoms with Crippen LogP contribution in [0.3, 0.4) is 0 Å². The summed E-state index contributed by atoms with van der Waals surface area (Å²) in [5.41, 5.74) is 6.70. The van der Waals surface area contributed by atoms with Crippen LogP contribution in [0.2, 0.25) is 0 Å². The normalized spacial score (nSPS) is 13.6. The minimum atomic E-state index is -4.69. The third-order valence-corrected chi connectivity index (χ3v) is 3.58. The molecule has 3 nitrogen and oxygen atoms in total. The molecule has 1 aromatic rings. The van der Waals surface area contributed by atoms with E-state index in [1.165, 1.54) is 0 Å². The Kier molecular flexibility index (Phi) is 4.53. The molecule has 2 N–H and O–H groups in total. The second-order valence-electron chi connectivity index (χ2n) is 3.31. The van der Waals surface area contributed by atoms with Gasteiger partial charge in [0, 0.05) is 10.6 Å². The molecule has 7 heteroatoms. The third kappa shape index (κ3) is 4.35. The molecule has 0 aliphatic carbocycles. The highest BCUT2D eigenvalue weighted by atomic mass is 32.2. The van der Waals surface area contributed by atoms with Crippen LogP contribution in [0.4, 0.5) is 18.9 Å². The van der Waals surface area contributed by atoms with Crippen LogP contribution in [0.15, 0.2) is 23.1 Å². The Morgan fingerprint density at radius 1 is 1.41 bits per heavy atom. The molecule has 0 aliphatic heterocycles. The maximum absolute atomic E-state index is 11.7. The predicted octanol–water partition coefficient (Wildman–Crippen LogP) is 2.22. The number of nitrogen functional groups attached to an aromatic ring is 1. The fourth-order valence-corrected chi connectivity index (χ4v) is 2.37. The van der Waals surface area contributed by atoms with Crippen LogP contribution < -0.4 is 5.73 Å². The molecular weight excluding hydrogens is 255 g/mol. The number of alkyl halides is 3. The van der Waals surface area contributed by atoms with Crippen molar-refractivity contribution in [2.75, 3.05) is 18.1 Å². The lowest BCUT2D eigenvalue weighted by atomic mass is 10.2. The first-order valence-corrected chi connectivity index (χ1v) is 6.07. The van der Waals surface area contributed by atoms with Crippen molar-refractivity contribution in [1.29, 1.82) is 0 Å². The van der Waals surface area contributed by atoms with Crippen molar-refractivity contribution in [2.24, 2.45) is 0 Å². The minimum absolute atomic E-state index is 0.218. The average Bonchev–Trinajstić information content (AvgIpc) is 2.20. The van der Waals surface area contributed by atoms with E-state index in [2.05, 4.69) is 4.74 Å². The molecule has 1 aromatic carbocycles. The summed E-state index contributed by atoms with van der Waals surface area (Å²) >= 11 is 0. The van der Waals surface area contributed by atoms with E-state index < -0.39 is 23.8 Å². The number of hydrogen-bond donors (Lipinski definition) is 1. The van der Waals surface area contributed by atoms with Gasteiger partial charge in [-0.25, -0.2) is 0 Å². The SMILES string of the molecule is Cc1c(N)cccc1S(=O)CCOC(F)(F)F. The van der Waals surface area contributed by atoms with Crippen molar-refractivity contribution in [3.8, 4) is 0 Å². The number of ether oxygens (including phenoxy) is 1. The number of rotatable bonds is 4. The minimum Gasteiger partial charge on any atom is -0.398 e. The fraction of sp³-hybridized carbons (Fsp3) is 0.400. The van der Waals surface area contributed by atoms with Crippen molar-refractivity contribution in [3.63, 3.8) is 0 Å². The summed E-state index contributed by atoms with van der Waals surface area (Å²) < 4.78 is 50.4. The molecule has 0 radical (unpaired) electrons. The highest BCUT2D eigenvalue weighted by Gasteiger charge is 2.29. The molecule has 1 unspecified atom stereocenters. The van der Waals surface area contributed by atoms with Crippen LogP contribution in [0, 0.1) is 6.92 Å². The van der Waals surface area contributed by atoms with Gasteiger partial charge in [-0.15, -0.1) is 13.2 Å². The Hall–Kier alpha value is -1.08. The number of halogens is 3. The fourth-order valence-electron chi connectivity index (χ4n) is 1.22. The van der Waals surface area contributed by atoms with E-state index in [-0.39, 0.29) is 5.75 Å². The highest BCUT2D eigenvalue weighted by molar-refractivity contribution is 7.85. The summed E-state index contributed by atoms with van der Waals surface area (Å²) in [5.74, 6) is -0.218. The van der Waals surface area contributed by atoms with Gasteiger partial charge in [0.1, 0.15) is 0 Å². The van der Waals surface area contributed by atoms with Gasteiger partial charge in [-0.1, -0.05) is 6.07 Å². The summed E-state index contributed by atoms with van der Waals surface area (Å²) in [4.78, 5) is 0.441. The zero-order valence-electron chi connectivity index (χ0n) is 9.08. The van der Waals surface area contributed by atoms with Gasteiger partial charge in [-0.2, -0.15) is 0 Å². The van der Waals surface area contributed by atoms with E-state index >= 15 is 0 Å². The quantitative estimate of drug-likeness (QED) is 0.851.